The van der Waals surface area contributed by atoms with Gasteiger partial charge in [-0.25, -0.2) is 19.9 Å². The third kappa shape index (κ3) is 12.0. The first-order valence-corrected chi connectivity index (χ1v) is 11.9. The first-order chi connectivity index (χ1) is 15.7. The lowest BCUT2D eigenvalue weighted by atomic mass is 10.2. The number of thiazole rings is 1. The van der Waals surface area contributed by atoms with Gasteiger partial charge in [-0.3, -0.25) is 0 Å². The van der Waals surface area contributed by atoms with E-state index in [4.69, 9.17) is 8.83 Å². The van der Waals surface area contributed by atoms with Gasteiger partial charge < -0.3 is 8.83 Å². The average molecular weight is 473 g/mol. The lowest BCUT2D eigenvalue weighted by molar-refractivity contribution is 0.470. The lowest BCUT2D eigenvalue weighted by Crippen LogP contribution is -1.93. The third-order valence-corrected chi connectivity index (χ3v) is 4.94. The van der Waals surface area contributed by atoms with Crippen LogP contribution < -0.4 is 0 Å². The van der Waals surface area contributed by atoms with Crippen LogP contribution in [0.25, 0.3) is 0 Å². The summed E-state index contributed by atoms with van der Waals surface area (Å²) in [5.41, 5.74) is 0. The van der Waals surface area contributed by atoms with Crippen molar-refractivity contribution in [2.75, 3.05) is 0 Å². The van der Waals surface area contributed by atoms with E-state index in [1.54, 1.807) is 36.2 Å². The summed E-state index contributed by atoms with van der Waals surface area (Å²) >= 11 is 1.72. The van der Waals surface area contributed by atoms with Gasteiger partial charge in [-0.05, 0) is 6.07 Å². The highest BCUT2D eigenvalue weighted by molar-refractivity contribution is 7.09. The van der Waals surface area contributed by atoms with Crippen molar-refractivity contribution in [3.8, 4) is 0 Å². The van der Waals surface area contributed by atoms with Crippen LogP contribution in [0.2, 0.25) is 0 Å². The van der Waals surface area contributed by atoms with E-state index in [0.29, 0.717) is 29.6 Å². The van der Waals surface area contributed by atoms with Crippen LogP contribution in [0.15, 0.2) is 57.7 Å². The summed E-state index contributed by atoms with van der Waals surface area (Å²) in [4.78, 5) is 16.2. The molecule has 9 heteroatoms. The predicted octanol–water partition coefficient (Wildman–Crippen LogP) is 6.86. The minimum atomic E-state index is 0.345. The van der Waals surface area contributed by atoms with Crippen LogP contribution >= 0.6 is 11.3 Å². The van der Waals surface area contributed by atoms with Crippen molar-refractivity contribution in [2.45, 2.75) is 79.1 Å². The van der Waals surface area contributed by atoms with Gasteiger partial charge >= 0.3 is 0 Å². The molecule has 4 aromatic heterocycles. The Labute approximate surface area is 201 Å². The molecule has 0 atom stereocenters. The molecule has 0 radical (unpaired) electrons. The highest BCUT2D eigenvalue weighted by Gasteiger charge is 2.02. The molecular formula is C24H36N6O2S. The van der Waals surface area contributed by atoms with Crippen LogP contribution in [0, 0.1) is 0 Å². The van der Waals surface area contributed by atoms with Crippen LogP contribution in [-0.2, 0) is 0 Å². The Balaban J connectivity index is 0.000000220. The molecule has 33 heavy (non-hydrogen) atoms. The van der Waals surface area contributed by atoms with E-state index in [1.807, 2.05) is 45.3 Å². The van der Waals surface area contributed by atoms with Crippen molar-refractivity contribution in [1.29, 1.82) is 0 Å². The monoisotopic (exact) mass is 472 g/mol. The molecule has 0 spiro atoms. The summed E-state index contributed by atoms with van der Waals surface area (Å²) < 4.78 is 9.86. The molecule has 0 saturated carbocycles. The van der Waals surface area contributed by atoms with Crippen molar-refractivity contribution < 1.29 is 8.83 Å². The lowest BCUT2D eigenvalue weighted by Gasteiger charge is -1.98. The van der Waals surface area contributed by atoms with Gasteiger partial charge in [-0.1, -0.05) is 55.4 Å². The number of hydrogen-bond acceptors (Lipinski definition) is 9. The summed E-state index contributed by atoms with van der Waals surface area (Å²) in [6, 6.07) is 1.83. The fourth-order valence-corrected chi connectivity index (χ4v) is 2.74. The summed E-state index contributed by atoms with van der Waals surface area (Å²) in [5, 5.41) is 10.5. The molecule has 4 aromatic rings. The zero-order valence-electron chi connectivity index (χ0n) is 20.8. The summed E-state index contributed by atoms with van der Waals surface area (Å²) in [6.45, 7) is 16.6. The topological polar surface area (TPSA) is 104 Å². The highest BCUT2D eigenvalue weighted by Crippen LogP contribution is 2.15. The van der Waals surface area contributed by atoms with Gasteiger partial charge in [-0.2, -0.15) is 0 Å². The smallest absolute Gasteiger partial charge is 0.218 e. The fraction of sp³-hybridized carbons (Fsp3) is 0.500. The quantitative estimate of drug-likeness (QED) is 0.317. The average Bonchev–Trinajstić information content (AvgIpc) is 3.59. The van der Waals surface area contributed by atoms with E-state index >= 15 is 0 Å². The van der Waals surface area contributed by atoms with E-state index in [1.165, 1.54) is 11.4 Å². The van der Waals surface area contributed by atoms with Gasteiger partial charge in [0.05, 0.1) is 11.2 Å². The zero-order valence-corrected chi connectivity index (χ0v) is 21.7. The molecule has 0 saturated heterocycles. The minimum absolute atomic E-state index is 0.345. The van der Waals surface area contributed by atoms with Gasteiger partial charge in [0.2, 0.25) is 12.3 Å². The van der Waals surface area contributed by atoms with Crippen LogP contribution in [-0.4, -0.2) is 30.1 Å². The Morgan fingerprint density at radius 1 is 0.667 bits per heavy atom. The van der Waals surface area contributed by atoms with Gasteiger partial charge in [0.15, 0.2) is 5.89 Å². The van der Waals surface area contributed by atoms with Crippen LogP contribution in [0.3, 0.4) is 0 Å². The molecule has 0 aliphatic heterocycles. The number of nitrogens with zero attached hydrogens (tertiary/aromatic N) is 6. The summed E-state index contributed by atoms with van der Waals surface area (Å²) in [7, 11) is 0. The predicted molar refractivity (Wildman–Crippen MR) is 131 cm³/mol. The Kier molecular flexibility index (Phi) is 13.4. The van der Waals surface area contributed by atoms with Crippen molar-refractivity contribution in [3.05, 3.63) is 71.5 Å². The van der Waals surface area contributed by atoms with Gasteiger partial charge in [-0.15, -0.1) is 21.5 Å². The van der Waals surface area contributed by atoms with Crippen molar-refractivity contribution in [1.82, 2.24) is 30.1 Å². The second-order valence-corrected chi connectivity index (χ2v) is 9.17. The SMILES string of the molecule is CC(C)c1ncccn1.CC(C)c1ncco1.CC(C)c1nccs1.CC(C)c1nnco1. The number of aromatic nitrogens is 6. The maximum Gasteiger partial charge on any atom is 0.218 e. The first-order valence-electron chi connectivity index (χ1n) is 11.0. The Bertz CT molecular complexity index is 832. The Morgan fingerprint density at radius 2 is 1.33 bits per heavy atom. The molecule has 0 fully saturated rings. The molecule has 0 N–H and O–H groups in total. The maximum atomic E-state index is 4.98. The summed E-state index contributed by atoms with van der Waals surface area (Å²) in [5.74, 6) is 4.20. The molecule has 0 aliphatic rings. The van der Waals surface area contributed by atoms with Crippen LogP contribution in [0.5, 0.6) is 0 Å². The molecule has 4 rings (SSSR count). The molecule has 0 unspecified atom stereocenters. The number of hydrogen-bond donors (Lipinski definition) is 0. The number of oxazole rings is 1. The molecule has 4 heterocycles. The Hall–Kier alpha value is -2.94. The van der Waals surface area contributed by atoms with Gasteiger partial charge in [0.25, 0.3) is 0 Å². The second-order valence-electron chi connectivity index (χ2n) is 8.24. The van der Waals surface area contributed by atoms with E-state index in [2.05, 4.69) is 57.8 Å². The van der Waals surface area contributed by atoms with Gasteiger partial charge in [0.1, 0.15) is 12.1 Å². The van der Waals surface area contributed by atoms with E-state index < -0.39 is 0 Å². The Morgan fingerprint density at radius 3 is 1.61 bits per heavy atom. The summed E-state index contributed by atoms with van der Waals surface area (Å²) in [6.07, 6.45) is 9.98. The van der Waals surface area contributed by atoms with Crippen molar-refractivity contribution >= 4 is 11.3 Å². The minimum Gasteiger partial charge on any atom is -0.449 e. The van der Waals surface area contributed by atoms with Crippen LogP contribution in [0.4, 0.5) is 0 Å². The third-order valence-electron chi connectivity index (χ3n) is 3.86. The van der Waals surface area contributed by atoms with Crippen LogP contribution in [0.1, 0.15) is 102 Å². The fourth-order valence-electron chi connectivity index (χ4n) is 2.08. The molecule has 0 aromatic carbocycles. The second kappa shape index (κ2) is 15.8. The molecule has 180 valence electrons. The molecule has 0 aliphatic carbocycles. The van der Waals surface area contributed by atoms with E-state index in [9.17, 15) is 0 Å². The molecular weight excluding hydrogens is 436 g/mol. The van der Waals surface area contributed by atoms with E-state index in [0.717, 1.165) is 11.7 Å². The van der Waals surface area contributed by atoms with Gasteiger partial charge in [0, 0.05) is 47.6 Å². The highest BCUT2D eigenvalue weighted by atomic mass is 32.1. The van der Waals surface area contributed by atoms with E-state index in [-0.39, 0.29) is 0 Å². The number of rotatable bonds is 4. The zero-order chi connectivity index (χ0) is 24.6. The molecule has 0 amide bonds. The maximum absolute atomic E-state index is 4.98. The normalized spacial score (nSPS) is 10.3. The largest absolute Gasteiger partial charge is 0.449 e. The molecule has 8 nitrogen and oxygen atoms in total. The van der Waals surface area contributed by atoms with Crippen molar-refractivity contribution in [3.63, 3.8) is 0 Å². The standard InChI is InChI=1S/C7H10N2.C6H9NO.C6H9NS.C5H8N2O/c1-6(2)7-8-4-3-5-9-7;2*1-5(2)6-7-3-4-8-6;1-4(2)5-7-6-3-8-5/h3-6H,1-2H3;2*3-5H,1-2H3;3-4H,1-2H3. The first kappa shape index (κ1) is 28.1. The molecule has 0 bridgehead atoms. The van der Waals surface area contributed by atoms with Crippen molar-refractivity contribution in [2.24, 2.45) is 0 Å².